The van der Waals surface area contributed by atoms with E-state index in [0.717, 1.165) is 52.6 Å². The third-order valence-electron chi connectivity index (χ3n) is 6.93. The monoisotopic (exact) mass is 459 g/mol. The SMILES string of the molecule is Cc1ccccc1C#Cc1cccc(F)c1-n1nnn(C(=O)N2CCCC3CCCCC32)c1=O. The molecule has 2 fully saturated rings. The molecule has 7 nitrogen and oxygen atoms in total. The van der Waals surface area contributed by atoms with Gasteiger partial charge in [-0.3, -0.25) is 0 Å². The number of rotatable bonds is 1. The lowest BCUT2D eigenvalue weighted by Crippen LogP contribution is -2.52. The van der Waals surface area contributed by atoms with Gasteiger partial charge < -0.3 is 4.90 Å². The molecule has 34 heavy (non-hydrogen) atoms. The molecule has 0 bridgehead atoms. The van der Waals surface area contributed by atoms with Gasteiger partial charge in [0.05, 0.1) is 5.56 Å². The highest BCUT2D eigenvalue weighted by molar-refractivity contribution is 5.76. The summed E-state index contributed by atoms with van der Waals surface area (Å²) in [7, 11) is 0. The van der Waals surface area contributed by atoms with Crippen molar-refractivity contribution in [3.8, 4) is 17.5 Å². The van der Waals surface area contributed by atoms with Gasteiger partial charge in [-0.05, 0) is 72.7 Å². The first-order valence-corrected chi connectivity index (χ1v) is 11.8. The maximum Gasteiger partial charge on any atom is 0.377 e. The number of halogens is 1. The zero-order valence-electron chi connectivity index (χ0n) is 19.1. The van der Waals surface area contributed by atoms with Crippen molar-refractivity contribution >= 4 is 6.03 Å². The maximum atomic E-state index is 14.9. The molecule has 3 aromatic rings. The van der Waals surface area contributed by atoms with Gasteiger partial charge in [-0.15, -0.1) is 4.68 Å². The average Bonchev–Trinajstić information content (AvgIpc) is 3.23. The molecule has 2 heterocycles. The second kappa shape index (κ2) is 9.26. The summed E-state index contributed by atoms with van der Waals surface area (Å²) in [6.45, 7) is 2.53. The molecule has 1 saturated carbocycles. The second-order valence-electron chi connectivity index (χ2n) is 9.02. The summed E-state index contributed by atoms with van der Waals surface area (Å²) >= 11 is 0. The van der Waals surface area contributed by atoms with Gasteiger partial charge in [0.1, 0.15) is 11.5 Å². The number of benzene rings is 2. The fraction of sp³-hybridized carbons (Fsp3) is 0.385. The first kappa shape index (κ1) is 22.1. The van der Waals surface area contributed by atoms with E-state index in [2.05, 4.69) is 22.3 Å². The minimum atomic E-state index is -0.799. The second-order valence-corrected chi connectivity index (χ2v) is 9.02. The maximum absolute atomic E-state index is 14.9. The van der Waals surface area contributed by atoms with E-state index in [0.29, 0.717) is 12.5 Å². The summed E-state index contributed by atoms with van der Waals surface area (Å²) in [5.74, 6) is 5.79. The Morgan fingerprint density at radius 2 is 1.71 bits per heavy atom. The molecule has 0 spiro atoms. The van der Waals surface area contributed by atoms with Gasteiger partial charge in [-0.2, -0.15) is 4.68 Å². The van der Waals surface area contributed by atoms with Gasteiger partial charge in [-0.1, -0.05) is 48.9 Å². The van der Waals surface area contributed by atoms with Crippen molar-refractivity contribution in [1.82, 2.24) is 24.7 Å². The van der Waals surface area contributed by atoms with Crippen LogP contribution in [0, 0.1) is 30.5 Å². The fourth-order valence-corrected chi connectivity index (χ4v) is 5.17. The fourth-order valence-electron chi connectivity index (χ4n) is 5.17. The largest absolute Gasteiger partial charge is 0.377 e. The molecule has 2 aliphatic rings. The summed E-state index contributed by atoms with van der Waals surface area (Å²) in [5, 5.41) is 7.69. The van der Waals surface area contributed by atoms with Gasteiger partial charge in [0, 0.05) is 18.2 Å². The third-order valence-corrected chi connectivity index (χ3v) is 6.93. The Kier molecular flexibility index (Phi) is 6.01. The number of aryl methyl sites for hydroxylation is 1. The van der Waals surface area contributed by atoms with E-state index in [9.17, 15) is 14.0 Å². The van der Waals surface area contributed by atoms with Crippen molar-refractivity contribution < 1.29 is 9.18 Å². The molecule has 0 N–H and O–H groups in total. The van der Waals surface area contributed by atoms with E-state index in [1.807, 2.05) is 31.2 Å². The van der Waals surface area contributed by atoms with E-state index in [4.69, 9.17) is 0 Å². The van der Waals surface area contributed by atoms with Gasteiger partial charge in [0.25, 0.3) is 0 Å². The van der Waals surface area contributed by atoms with Crippen molar-refractivity contribution in [1.29, 1.82) is 0 Å². The Morgan fingerprint density at radius 3 is 2.56 bits per heavy atom. The summed E-state index contributed by atoms with van der Waals surface area (Å²) in [4.78, 5) is 28.2. The van der Waals surface area contributed by atoms with Crippen LogP contribution in [0.1, 0.15) is 55.2 Å². The van der Waals surface area contributed by atoms with Crippen molar-refractivity contribution in [2.24, 2.45) is 5.92 Å². The number of nitrogens with zero attached hydrogens (tertiary/aromatic N) is 5. The number of fused-ring (bicyclic) bond motifs is 1. The van der Waals surface area contributed by atoms with Gasteiger partial charge in [-0.25, -0.2) is 14.0 Å². The minimum Gasteiger partial charge on any atom is -0.319 e. The molecule has 1 saturated heterocycles. The molecule has 2 atom stereocenters. The smallest absolute Gasteiger partial charge is 0.319 e. The van der Waals surface area contributed by atoms with Gasteiger partial charge in [0.15, 0.2) is 0 Å². The molecule has 2 aromatic carbocycles. The van der Waals surface area contributed by atoms with Crippen molar-refractivity contribution in [3.05, 3.63) is 75.5 Å². The van der Waals surface area contributed by atoms with Crippen molar-refractivity contribution in [3.63, 3.8) is 0 Å². The molecule has 1 aliphatic carbocycles. The number of hydrogen-bond donors (Lipinski definition) is 0. The number of para-hydroxylation sites is 1. The van der Waals surface area contributed by atoms with E-state index < -0.39 is 17.5 Å². The molecule has 1 amide bonds. The van der Waals surface area contributed by atoms with Crippen LogP contribution in [0.25, 0.3) is 5.69 Å². The van der Waals surface area contributed by atoms with Crippen LogP contribution < -0.4 is 5.69 Å². The van der Waals surface area contributed by atoms with Crippen LogP contribution in [0.4, 0.5) is 9.18 Å². The quantitative estimate of drug-likeness (QED) is 0.409. The molecule has 1 aromatic heterocycles. The van der Waals surface area contributed by atoms with Crippen LogP contribution >= 0.6 is 0 Å². The van der Waals surface area contributed by atoms with E-state index >= 15 is 0 Å². The number of carbonyl (C=O) groups excluding carboxylic acids is 1. The lowest BCUT2D eigenvalue weighted by molar-refractivity contribution is 0.0828. The lowest BCUT2D eigenvalue weighted by atomic mass is 9.78. The van der Waals surface area contributed by atoms with Gasteiger partial charge >= 0.3 is 11.7 Å². The number of piperidine rings is 1. The average molecular weight is 460 g/mol. The number of hydrogen-bond acceptors (Lipinski definition) is 4. The first-order chi connectivity index (χ1) is 16.5. The Balaban J connectivity index is 1.50. The molecular weight excluding hydrogens is 433 g/mol. The summed E-state index contributed by atoms with van der Waals surface area (Å²) in [5.41, 5.74) is 1.17. The standard InChI is InChI=1S/C26H26FN5O2/c1-18-8-2-3-9-19(18)15-16-21-11-6-13-22(27)24(21)31-26(34)32(29-28-31)25(33)30-17-7-12-20-10-4-5-14-23(20)30/h2-3,6,8-9,11,13,20,23H,4-5,7,10,12,14,17H2,1H3. The summed E-state index contributed by atoms with van der Waals surface area (Å²) in [6, 6.07) is 11.6. The Bertz CT molecular complexity index is 1350. The van der Waals surface area contributed by atoms with Crippen molar-refractivity contribution in [2.45, 2.75) is 51.5 Å². The Hall–Kier alpha value is -3.73. The number of tetrazole rings is 1. The number of likely N-dealkylation sites (tertiary alicyclic amines) is 1. The minimum absolute atomic E-state index is 0.109. The predicted molar refractivity (Wildman–Crippen MR) is 125 cm³/mol. The van der Waals surface area contributed by atoms with Crippen LogP contribution in [-0.4, -0.2) is 43.3 Å². The van der Waals surface area contributed by atoms with Crippen molar-refractivity contribution in [2.75, 3.05) is 6.54 Å². The highest BCUT2D eigenvalue weighted by Crippen LogP contribution is 2.35. The van der Waals surface area contributed by atoms with Gasteiger partial charge in [0.2, 0.25) is 0 Å². The molecule has 0 radical (unpaired) electrons. The van der Waals surface area contributed by atoms with E-state index in [1.54, 1.807) is 11.0 Å². The molecule has 8 heteroatoms. The highest BCUT2D eigenvalue weighted by Gasteiger charge is 2.37. The molecule has 2 unspecified atom stereocenters. The Morgan fingerprint density at radius 1 is 0.971 bits per heavy atom. The van der Waals surface area contributed by atoms with E-state index in [-0.39, 0.29) is 17.3 Å². The summed E-state index contributed by atoms with van der Waals surface area (Å²) in [6.07, 6.45) is 6.30. The molecule has 174 valence electrons. The number of amides is 1. The van der Waals surface area contributed by atoms with Crippen LogP contribution in [0.3, 0.4) is 0 Å². The van der Waals surface area contributed by atoms with Crippen LogP contribution in [0.2, 0.25) is 0 Å². The number of aromatic nitrogens is 4. The highest BCUT2D eigenvalue weighted by atomic mass is 19.1. The predicted octanol–water partition coefficient (Wildman–Crippen LogP) is 3.90. The Labute approximate surface area is 197 Å². The van der Waals surface area contributed by atoms with Crippen LogP contribution in [-0.2, 0) is 0 Å². The molecule has 1 aliphatic heterocycles. The lowest BCUT2D eigenvalue weighted by Gasteiger charge is -2.43. The first-order valence-electron chi connectivity index (χ1n) is 11.8. The zero-order chi connectivity index (χ0) is 23.7. The van der Waals surface area contributed by atoms with Crippen LogP contribution in [0.5, 0.6) is 0 Å². The normalized spacial score (nSPS) is 19.8. The molecular formula is C26H26FN5O2. The van der Waals surface area contributed by atoms with Crippen LogP contribution in [0.15, 0.2) is 47.3 Å². The zero-order valence-corrected chi connectivity index (χ0v) is 19.1. The summed E-state index contributed by atoms with van der Waals surface area (Å²) < 4.78 is 16.5. The third kappa shape index (κ3) is 4.03. The molecule has 5 rings (SSSR count). The topological polar surface area (TPSA) is 73.0 Å². The van der Waals surface area contributed by atoms with E-state index in [1.165, 1.54) is 18.6 Å². The number of carbonyl (C=O) groups is 1.